The van der Waals surface area contributed by atoms with Crippen molar-refractivity contribution in [2.75, 3.05) is 16.8 Å². The van der Waals surface area contributed by atoms with Crippen LogP contribution in [0.3, 0.4) is 0 Å². The van der Waals surface area contributed by atoms with Crippen molar-refractivity contribution in [3.63, 3.8) is 0 Å². The third kappa shape index (κ3) is 2.98. The number of nitrogens with one attached hydrogen (secondary N) is 1. The number of halogens is 1. The van der Waals surface area contributed by atoms with Gasteiger partial charge in [0.05, 0.1) is 17.4 Å². The van der Waals surface area contributed by atoms with Crippen LogP contribution in [-0.4, -0.2) is 48.1 Å². The van der Waals surface area contributed by atoms with Gasteiger partial charge in [0, 0.05) is 19.8 Å². The fourth-order valence-electron chi connectivity index (χ4n) is 3.47. The standard InChI is InChI=1S/C19H17FN8O/c1-26-11-12(10-21-26)27-9-8-15(19(27)29)22-16-6-7-17-23-24-18(28(17)25-16)13-4-2-3-5-14(13)20/h2-7,10-11,15H,8-9H2,1H3,(H,22,25). The normalized spacial score (nSPS) is 16.7. The third-order valence-corrected chi connectivity index (χ3v) is 4.91. The minimum Gasteiger partial charge on any atom is -0.357 e. The molecular weight excluding hydrogens is 375 g/mol. The number of carbonyl (C=O) groups is 1. The average Bonchev–Trinajstić information content (AvgIpc) is 3.42. The molecule has 1 fully saturated rings. The van der Waals surface area contributed by atoms with Crippen molar-refractivity contribution < 1.29 is 9.18 Å². The molecule has 1 atom stereocenters. The Morgan fingerprint density at radius 2 is 2.03 bits per heavy atom. The zero-order valence-electron chi connectivity index (χ0n) is 15.5. The molecule has 1 saturated heterocycles. The molecule has 0 aliphatic carbocycles. The first-order valence-corrected chi connectivity index (χ1v) is 9.14. The summed E-state index contributed by atoms with van der Waals surface area (Å²) in [6.45, 7) is 0.595. The molecule has 4 heterocycles. The Kier molecular flexibility index (Phi) is 3.97. The highest BCUT2D eigenvalue weighted by molar-refractivity contribution is 6.00. The van der Waals surface area contributed by atoms with Crippen LogP contribution in [0, 0.1) is 5.82 Å². The van der Waals surface area contributed by atoms with Crippen LogP contribution in [0.1, 0.15) is 6.42 Å². The topological polar surface area (TPSA) is 93.2 Å². The summed E-state index contributed by atoms with van der Waals surface area (Å²) in [4.78, 5) is 14.5. The number of nitrogens with zero attached hydrogens (tertiary/aromatic N) is 7. The predicted molar refractivity (Wildman–Crippen MR) is 104 cm³/mol. The van der Waals surface area contributed by atoms with E-state index in [1.54, 1.807) is 46.1 Å². The highest BCUT2D eigenvalue weighted by Crippen LogP contribution is 2.24. The highest BCUT2D eigenvalue weighted by Gasteiger charge is 2.33. The van der Waals surface area contributed by atoms with E-state index in [2.05, 4.69) is 25.7 Å². The van der Waals surface area contributed by atoms with Crippen LogP contribution in [0.4, 0.5) is 15.9 Å². The van der Waals surface area contributed by atoms with E-state index < -0.39 is 11.9 Å². The zero-order valence-corrected chi connectivity index (χ0v) is 15.5. The number of hydrogen-bond acceptors (Lipinski definition) is 6. The summed E-state index contributed by atoms with van der Waals surface area (Å²) in [6.07, 6.45) is 4.11. The molecule has 1 aliphatic heterocycles. The Labute approximate surface area is 164 Å². The second-order valence-corrected chi connectivity index (χ2v) is 6.84. The van der Waals surface area contributed by atoms with Gasteiger partial charge in [0.15, 0.2) is 11.5 Å². The summed E-state index contributed by atoms with van der Waals surface area (Å²) >= 11 is 0. The van der Waals surface area contributed by atoms with Gasteiger partial charge >= 0.3 is 0 Å². The van der Waals surface area contributed by atoms with Crippen molar-refractivity contribution in [1.29, 1.82) is 0 Å². The van der Waals surface area contributed by atoms with Gasteiger partial charge in [0.25, 0.3) is 0 Å². The van der Waals surface area contributed by atoms with Crippen molar-refractivity contribution in [2.45, 2.75) is 12.5 Å². The highest BCUT2D eigenvalue weighted by atomic mass is 19.1. The van der Waals surface area contributed by atoms with Crippen molar-refractivity contribution >= 4 is 23.1 Å². The van der Waals surface area contributed by atoms with E-state index >= 15 is 0 Å². The van der Waals surface area contributed by atoms with Crippen molar-refractivity contribution in [2.24, 2.45) is 7.05 Å². The quantitative estimate of drug-likeness (QED) is 0.570. The molecule has 146 valence electrons. The number of fused-ring (bicyclic) bond motifs is 1. The Morgan fingerprint density at radius 1 is 1.17 bits per heavy atom. The number of hydrogen-bond donors (Lipinski definition) is 1. The van der Waals surface area contributed by atoms with E-state index in [1.807, 2.05) is 13.2 Å². The monoisotopic (exact) mass is 392 g/mol. The van der Waals surface area contributed by atoms with Gasteiger partial charge in [0.1, 0.15) is 17.7 Å². The Hall–Kier alpha value is -3.82. The van der Waals surface area contributed by atoms with E-state index in [4.69, 9.17) is 0 Å². The van der Waals surface area contributed by atoms with Gasteiger partial charge in [-0.25, -0.2) is 4.39 Å². The van der Waals surface area contributed by atoms with Gasteiger partial charge < -0.3 is 10.2 Å². The molecule has 0 saturated carbocycles. The van der Waals surface area contributed by atoms with Gasteiger partial charge in [-0.1, -0.05) is 12.1 Å². The largest absolute Gasteiger partial charge is 0.357 e. The van der Waals surface area contributed by atoms with Crippen LogP contribution in [-0.2, 0) is 11.8 Å². The van der Waals surface area contributed by atoms with E-state index in [-0.39, 0.29) is 5.91 Å². The maximum absolute atomic E-state index is 14.2. The van der Waals surface area contributed by atoms with Crippen LogP contribution in [0.2, 0.25) is 0 Å². The van der Waals surface area contributed by atoms with Crippen LogP contribution < -0.4 is 10.2 Å². The average molecular weight is 392 g/mol. The van der Waals surface area contributed by atoms with Crippen LogP contribution >= 0.6 is 0 Å². The Morgan fingerprint density at radius 3 is 2.83 bits per heavy atom. The summed E-state index contributed by atoms with van der Waals surface area (Å²) in [5, 5.41) is 19.9. The number of rotatable bonds is 4. The van der Waals surface area contributed by atoms with Gasteiger partial charge in [-0.3, -0.25) is 9.48 Å². The van der Waals surface area contributed by atoms with Gasteiger partial charge in [-0.05, 0) is 30.7 Å². The van der Waals surface area contributed by atoms with E-state index in [9.17, 15) is 9.18 Å². The summed E-state index contributed by atoms with van der Waals surface area (Å²) in [5.74, 6) is 0.343. The van der Waals surface area contributed by atoms with Crippen LogP contribution in [0.15, 0.2) is 48.8 Å². The molecule has 29 heavy (non-hydrogen) atoms. The summed E-state index contributed by atoms with van der Waals surface area (Å²) in [5.41, 5.74) is 1.57. The maximum atomic E-state index is 14.2. The molecule has 5 rings (SSSR count). The van der Waals surface area contributed by atoms with Crippen LogP contribution in [0.25, 0.3) is 17.0 Å². The van der Waals surface area contributed by atoms with E-state index in [0.29, 0.717) is 35.8 Å². The lowest BCUT2D eigenvalue weighted by atomic mass is 10.2. The molecule has 9 nitrogen and oxygen atoms in total. The van der Waals surface area contributed by atoms with E-state index in [1.165, 1.54) is 10.6 Å². The molecule has 1 amide bonds. The summed E-state index contributed by atoms with van der Waals surface area (Å²) in [6, 6.07) is 9.38. The lowest BCUT2D eigenvalue weighted by Crippen LogP contribution is -2.33. The molecule has 0 spiro atoms. The number of aromatic nitrogens is 6. The minimum atomic E-state index is -0.409. The second kappa shape index (κ2) is 6.66. The van der Waals surface area contributed by atoms with Gasteiger partial charge in [0.2, 0.25) is 5.91 Å². The van der Waals surface area contributed by atoms with Crippen LogP contribution in [0.5, 0.6) is 0 Å². The lowest BCUT2D eigenvalue weighted by Gasteiger charge is -2.15. The number of carbonyl (C=O) groups excluding carboxylic acids is 1. The molecule has 1 N–H and O–H groups in total. The first kappa shape index (κ1) is 17.3. The number of benzene rings is 1. The molecule has 0 radical (unpaired) electrons. The Bertz CT molecular complexity index is 1220. The number of aryl methyl sites for hydroxylation is 1. The molecule has 1 unspecified atom stereocenters. The molecule has 1 aliphatic rings. The van der Waals surface area contributed by atoms with Gasteiger partial charge in [-0.15, -0.1) is 15.3 Å². The molecule has 1 aromatic carbocycles. The van der Waals surface area contributed by atoms with Crippen molar-refractivity contribution in [1.82, 2.24) is 29.6 Å². The first-order valence-electron chi connectivity index (χ1n) is 9.14. The second-order valence-electron chi connectivity index (χ2n) is 6.84. The fraction of sp³-hybridized carbons (Fsp3) is 0.211. The summed E-state index contributed by atoms with van der Waals surface area (Å²) < 4.78 is 17.3. The van der Waals surface area contributed by atoms with Crippen molar-refractivity contribution in [3.05, 3.63) is 54.6 Å². The SMILES string of the molecule is Cn1cc(N2CCC(Nc3ccc4nnc(-c5ccccc5F)n4n3)C2=O)cn1. The molecule has 0 bridgehead atoms. The van der Waals surface area contributed by atoms with Crippen molar-refractivity contribution in [3.8, 4) is 11.4 Å². The smallest absolute Gasteiger partial charge is 0.249 e. The molecule has 10 heteroatoms. The molecule has 4 aromatic rings. The fourth-order valence-corrected chi connectivity index (χ4v) is 3.47. The number of amides is 1. The zero-order chi connectivity index (χ0) is 20.0. The predicted octanol–water partition coefficient (Wildman–Crippen LogP) is 1.88. The Balaban J connectivity index is 1.42. The first-order chi connectivity index (χ1) is 14.1. The lowest BCUT2D eigenvalue weighted by molar-refractivity contribution is -0.117. The minimum absolute atomic E-state index is 0.0435. The molecular formula is C19H17FN8O. The molecule has 3 aromatic heterocycles. The summed E-state index contributed by atoms with van der Waals surface area (Å²) in [7, 11) is 1.81. The van der Waals surface area contributed by atoms with Gasteiger partial charge in [-0.2, -0.15) is 9.61 Å². The maximum Gasteiger partial charge on any atom is 0.249 e. The van der Waals surface area contributed by atoms with E-state index in [0.717, 1.165) is 5.69 Å². The third-order valence-electron chi connectivity index (χ3n) is 4.91. The number of anilines is 2.